The molecule has 5 heteroatoms. The Bertz CT molecular complexity index is 326. The topological polar surface area (TPSA) is 63.2 Å². The summed E-state index contributed by atoms with van der Waals surface area (Å²) in [6.07, 6.45) is 12.5. The van der Waals surface area contributed by atoms with Gasteiger partial charge in [-0.1, -0.05) is 38.5 Å². The maximum absolute atomic E-state index is 8.33. The zero-order valence-corrected chi connectivity index (χ0v) is 18.3. The first kappa shape index (κ1) is 25.2. The average Bonchev–Trinajstić information content (AvgIpc) is 2.46. The molecule has 26 heavy (non-hydrogen) atoms. The van der Waals surface area contributed by atoms with Crippen molar-refractivity contribution in [1.29, 1.82) is 0 Å². The first-order valence-corrected chi connectivity index (χ1v) is 10.4. The minimum Gasteiger partial charge on any atom is -0.652 e. The van der Waals surface area contributed by atoms with E-state index in [-0.39, 0.29) is 0 Å². The second kappa shape index (κ2) is 12.6. The van der Waals surface area contributed by atoms with Gasteiger partial charge in [0.1, 0.15) is 0 Å². The van der Waals surface area contributed by atoms with Gasteiger partial charge in [0, 0.05) is 11.8 Å². The predicted octanol–water partition coefficient (Wildman–Crippen LogP) is 2.10. The normalized spacial score (nSPS) is 19.6. The van der Waals surface area contributed by atoms with Crippen LogP contribution in [0.4, 0.5) is 4.79 Å². The van der Waals surface area contributed by atoms with Gasteiger partial charge in [-0.3, -0.25) is 0 Å². The molecule has 2 fully saturated rings. The number of hydrogen-bond acceptors (Lipinski definition) is 3. The number of rotatable bonds is 4. The fraction of sp³-hybridized carbons (Fsp3) is 0.952. The Hall–Kier alpha value is -0.810. The van der Waals surface area contributed by atoms with Gasteiger partial charge in [-0.15, -0.1) is 0 Å². The Balaban J connectivity index is 0.000000401. The van der Waals surface area contributed by atoms with Crippen molar-refractivity contribution in [2.75, 3.05) is 55.4 Å². The van der Waals surface area contributed by atoms with Crippen LogP contribution < -0.4 is 10.2 Å². The minimum absolute atomic E-state index is 1.02. The minimum atomic E-state index is -2.33. The lowest BCUT2D eigenvalue weighted by Gasteiger charge is -2.31. The summed E-state index contributed by atoms with van der Waals surface area (Å²) >= 11 is 0. The molecule has 0 heterocycles. The van der Waals surface area contributed by atoms with Crippen molar-refractivity contribution >= 4 is 6.16 Å². The zero-order valence-electron chi connectivity index (χ0n) is 18.3. The molecule has 2 saturated carbocycles. The van der Waals surface area contributed by atoms with E-state index in [0.717, 1.165) is 20.8 Å². The van der Waals surface area contributed by atoms with Crippen LogP contribution in [0, 0.1) is 11.8 Å². The highest BCUT2D eigenvalue weighted by Crippen LogP contribution is 2.25. The van der Waals surface area contributed by atoms with Gasteiger partial charge < -0.3 is 24.0 Å². The molecule has 0 aromatic rings. The van der Waals surface area contributed by atoms with E-state index < -0.39 is 6.16 Å². The van der Waals surface area contributed by atoms with Gasteiger partial charge in [0.2, 0.25) is 0 Å². The predicted molar refractivity (Wildman–Crippen MR) is 104 cm³/mol. The van der Waals surface area contributed by atoms with E-state index >= 15 is 0 Å². The van der Waals surface area contributed by atoms with Crippen LogP contribution in [0.3, 0.4) is 0 Å². The fourth-order valence-corrected chi connectivity index (χ4v) is 4.29. The molecule has 0 aromatic heterocycles. The van der Waals surface area contributed by atoms with Crippen molar-refractivity contribution in [2.24, 2.45) is 11.8 Å². The van der Waals surface area contributed by atoms with E-state index in [4.69, 9.17) is 15.0 Å². The summed E-state index contributed by atoms with van der Waals surface area (Å²) < 4.78 is 2.29. The van der Waals surface area contributed by atoms with Crippen molar-refractivity contribution in [3.8, 4) is 0 Å². The first-order valence-electron chi connectivity index (χ1n) is 10.4. The van der Waals surface area contributed by atoms with E-state index in [9.17, 15) is 0 Å². The molecule has 2 rings (SSSR count). The fourth-order valence-electron chi connectivity index (χ4n) is 4.29. The molecule has 2 aliphatic rings. The molecule has 0 radical (unpaired) electrons. The molecular formula is C21H44N2O3. The van der Waals surface area contributed by atoms with Crippen LogP contribution >= 0.6 is 0 Å². The molecule has 0 atom stereocenters. The van der Waals surface area contributed by atoms with Gasteiger partial charge in [0.15, 0.2) is 0 Å². The summed E-state index contributed by atoms with van der Waals surface area (Å²) in [4.78, 5) is 8.33. The molecule has 0 bridgehead atoms. The SMILES string of the molecule is C[N+](C)(C)CC1CCCCC1.C[N+](C)(C)CC1CCCCC1.O=C([O-])[O-]. The van der Waals surface area contributed by atoms with Crippen LogP contribution in [0.15, 0.2) is 0 Å². The second-order valence-electron chi connectivity index (χ2n) is 10.2. The average molecular weight is 373 g/mol. The summed E-state index contributed by atoms with van der Waals surface area (Å²) in [5.41, 5.74) is 0. The zero-order chi connectivity index (χ0) is 20.2. The van der Waals surface area contributed by atoms with Crippen molar-refractivity contribution in [3.05, 3.63) is 0 Å². The number of quaternary nitrogens is 2. The Morgan fingerprint density at radius 3 is 1.08 bits per heavy atom. The van der Waals surface area contributed by atoms with Crippen LogP contribution in [0.25, 0.3) is 0 Å². The molecule has 156 valence electrons. The van der Waals surface area contributed by atoms with Gasteiger partial charge in [0.25, 0.3) is 0 Å². The Morgan fingerprint density at radius 2 is 0.885 bits per heavy atom. The van der Waals surface area contributed by atoms with Crippen LogP contribution in [0.1, 0.15) is 64.2 Å². The van der Waals surface area contributed by atoms with Crippen LogP contribution in [0.2, 0.25) is 0 Å². The monoisotopic (exact) mass is 372 g/mol. The lowest BCUT2D eigenvalue weighted by Crippen LogP contribution is -2.39. The lowest BCUT2D eigenvalue weighted by molar-refractivity contribution is -0.874. The van der Waals surface area contributed by atoms with Crippen LogP contribution in [-0.4, -0.2) is 70.5 Å². The Kier molecular flexibility index (Phi) is 12.2. The summed E-state index contributed by atoms with van der Waals surface area (Å²) in [6.45, 7) is 2.75. The quantitative estimate of drug-likeness (QED) is 0.710. The van der Waals surface area contributed by atoms with Crippen molar-refractivity contribution in [3.63, 3.8) is 0 Å². The summed E-state index contributed by atoms with van der Waals surface area (Å²) in [7, 11) is 13.8. The molecule has 5 nitrogen and oxygen atoms in total. The maximum Gasteiger partial charge on any atom is 0.0809 e. The largest absolute Gasteiger partial charge is 0.652 e. The Labute approximate surface area is 162 Å². The highest BCUT2D eigenvalue weighted by atomic mass is 16.6. The van der Waals surface area contributed by atoms with Crippen molar-refractivity contribution < 1.29 is 24.0 Å². The smallest absolute Gasteiger partial charge is 0.0809 e. The van der Waals surface area contributed by atoms with E-state index in [0.29, 0.717) is 0 Å². The molecule has 0 N–H and O–H groups in total. The number of hydrogen-bond donors (Lipinski definition) is 0. The molecule has 0 saturated heterocycles. The van der Waals surface area contributed by atoms with Crippen molar-refractivity contribution in [1.82, 2.24) is 0 Å². The lowest BCUT2D eigenvalue weighted by atomic mass is 9.89. The molecule has 2 aliphatic carbocycles. The van der Waals surface area contributed by atoms with Crippen LogP contribution in [-0.2, 0) is 0 Å². The highest BCUT2D eigenvalue weighted by molar-refractivity contribution is 5.47. The second-order valence-corrected chi connectivity index (χ2v) is 10.2. The summed E-state index contributed by atoms with van der Waals surface area (Å²) in [5.74, 6) is 2.03. The third-order valence-corrected chi connectivity index (χ3v) is 5.06. The van der Waals surface area contributed by atoms with Crippen LogP contribution in [0.5, 0.6) is 0 Å². The number of nitrogens with zero attached hydrogens (tertiary/aromatic N) is 2. The highest BCUT2D eigenvalue weighted by Gasteiger charge is 2.20. The van der Waals surface area contributed by atoms with Crippen molar-refractivity contribution in [2.45, 2.75) is 64.2 Å². The Morgan fingerprint density at radius 1 is 0.654 bits per heavy atom. The number of carbonyl (C=O) groups is 1. The summed E-state index contributed by atoms with van der Waals surface area (Å²) in [6, 6.07) is 0. The van der Waals surface area contributed by atoms with Gasteiger partial charge in [0.05, 0.1) is 55.4 Å². The van der Waals surface area contributed by atoms with E-state index in [1.165, 1.54) is 77.3 Å². The van der Waals surface area contributed by atoms with Gasteiger partial charge in [-0.05, 0) is 31.8 Å². The maximum atomic E-state index is 8.33. The van der Waals surface area contributed by atoms with Gasteiger partial charge >= 0.3 is 0 Å². The van der Waals surface area contributed by atoms with Gasteiger partial charge in [-0.2, -0.15) is 0 Å². The number of carboxylic acid groups (broad SMARTS) is 2. The molecular weight excluding hydrogens is 328 g/mol. The van der Waals surface area contributed by atoms with E-state index in [1.807, 2.05) is 0 Å². The third kappa shape index (κ3) is 18.0. The standard InChI is InChI=1S/2C10H22N.CH2O3/c2*1-11(2,3)9-10-7-5-4-6-8-10;2-1(3)4/h2*10H,4-9H2,1-3H3;(H2,2,3,4)/q2*+1;/p-2. The molecule has 0 unspecified atom stereocenters. The van der Waals surface area contributed by atoms with E-state index in [1.54, 1.807) is 0 Å². The molecule has 0 aliphatic heterocycles. The first-order chi connectivity index (χ1) is 11.9. The molecule has 0 aromatic carbocycles. The molecule has 0 spiro atoms. The van der Waals surface area contributed by atoms with E-state index in [2.05, 4.69) is 42.3 Å². The summed E-state index contributed by atoms with van der Waals surface area (Å²) in [5, 5.41) is 16.7. The third-order valence-electron chi connectivity index (χ3n) is 5.06. The van der Waals surface area contributed by atoms with Gasteiger partial charge in [-0.25, -0.2) is 0 Å². The molecule has 0 amide bonds. The number of carbonyl (C=O) groups excluding carboxylic acids is 1.